The molecule has 1 amide bonds. The van der Waals surface area contributed by atoms with Crippen LogP contribution in [-0.4, -0.2) is 37.0 Å². The van der Waals surface area contributed by atoms with Gasteiger partial charge in [0.2, 0.25) is 5.91 Å². The van der Waals surface area contributed by atoms with Crippen molar-refractivity contribution in [1.29, 1.82) is 0 Å². The van der Waals surface area contributed by atoms with E-state index in [2.05, 4.69) is 5.32 Å². The fraction of sp³-hybridized carbons (Fsp3) is 0.533. The molecule has 0 aliphatic carbocycles. The van der Waals surface area contributed by atoms with Crippen LogP contribution in [0.15, 0.2) is 29.2 Å². The van der Waals surface area contributed by atoms with E-state index in [9.17, 15) is 4.79 Å². The molecule has 0 unspecified atom stereocenters. The molecule has 0 atom stereocenters. The quantitative estimate of drug-likeness (QED) is 0.723. The number of carbonyl (C=O) groups is 1. The van der Waals surface area contributed by atoms with Crippen LogP contribution < -0.4 is 10.1 Å². The van der Waals surface area contributed by atoms with Gasteiger partial charge in [0.15, 0.2) is 0 Å². The minimum Gasteiger partial charge on any atom is -0.497 e. The standard InChI is InChI=1S/C15H23NO3S/c1-15(2,8-9-17)11-16-14(18)10-20-13-6-4-12(19-3)5-7-13/h4-7,17H,8-11H2,1-3H3,(H,16,18). The highest BCUT2D eigenvalue weighted by Gasteiger charge is 2.17. The number of amides is 1. The highest BCUT2D eigenvalue weighted by atomic mass is 32.2. The second kappa shape index (κ2) is 8.17. The van der Waals surface area contributed by atoms with Crippen molar-refractivity contribution in [2.24, 2.45) is 5.41 Å². The van der Waals surface area contributed by atoms with E-state index in [1.54, 1.807) is 7.11 Å². The first-order chi connectivity index (χ1) is 9.46. The minimum atomic E-state index is -0.0742. The lowest BCUT2D eigenvalue weighted by molar-refractivity contribution is -0.119. The predicted octanol–water partition coefficient (Wildman–Crippen LogP) is 2.31. The van der Waals surface area contributed by atoms with Gasteiger partial charge in [-0.05, 0) is 36.1 Å². The Morgan fingerprint density at radius 1 is 1.35 bits per heavy atom. The minimum absolute atomic E-state index is 0.0110. The molecular formula is C15H23NO3S. The van der Waals surface area contributed by atoms with Gasteiger partial charge in [-0.15, -0.1) is 11.8 Å². The number of methoxy groups -OCH3 is 1. The molecule has 0 fully saturated rings. The Hall–Kier alpha value is -1.20. The van der Waals surface area contributed by atoms with Crippen molar-refractivity contribution in [3.05, 3.63) is 24.3 Å². The summed E-state index contributed by atoms with van der Waals surface area (Å²) in [5, 5.41) is 11.8. The van der Waals surface area contributed by atoms with Crippen LogP contribution in [0.2, 0.25) is 0 Å². The zero-order chi connectivity index (χ0) is 15.0. The van der Waals surface area contributed by atoms with Crippen LogP contribution in [-0.2, 0) is 4.79 Å². The van der Waals surface area contributed by atoms with E-state index in [-0.39, 0.29) is 17.9 Å². The number of hydrogen-bond donors (Lipinski definition) is 2. The summed E-state index contributed by atoms with van der Waals surface area (Å²) < 4.78 is 5.08. The Bertz CT molecular complexity index is 418. The normalized spacial score (nSPS) is 11.2. The molecule has 2 N–H and O–H groups in total. The van der Waals surface area contributed by atoms with Gasteiger partial charge in [-0.2, -0.15) is 0 Å². The van der Waals surface area contributed by atoms with Crippen molar-refractivity contribution >= 4 is 17.7 Å². The van der Waals surface area contributed by atoms with Gasteiger partial charge in [-0.3, -0.25) is 4.79 Å². The fourth-order valence-electron chi connectivity index (χ4n) is 1.60. The van der Waals surface area contributed by atoms with Gasteiger partial charge in [0.1, 0.15) is 5.75 Å². The molecule has 0 heterocycles. The van der Waals surface area contributed by atoms with E-state index in [0.29, 0.717) is 18.7 Å². The van der Waals surface area contributed by atoms with E-state index in [0.717, 1.165) is 10.6 Å². The summed E-state index contributed by atoms with van der Waals surface area (Å²) in [6, 6.07) is 7.63. The van der Waals surface area contributed by atoms with Gasteiger partial charge in [-0.25, -0.2) is 0 Å². The molecule has 0 aliphatic heterocycles. The summed E-state index contributed by atoms with van der Waals surface area (Å²) >= 11 is 1.49. The molecule has 1 aromatic rings. The van der Waals surface area contributed by atoms with Gasteiger partial charge >= 0.3 is 0 Å². The lowest BCUT2D eigenvalue weighted by atomic mass is 9.90. The second-order valence-corrected chi connectivity index (χ2v) is 6.43. The van der Waals surface area contributed by atoms with Crippen molar-refractivity contribution in [2.45, 2.75) is 25.2 Å². The number of aliphatic hydroxyl groups excluding tert-OH is 1. The fourth-order valence-corrected chi connectivity index (χ4v) is 2.33. The Labute approximate surface area is 124 Å². The smallest absolute Gasteiger partial charge is 0.230 e. The van der Waals surface area contributed by atoms with Gasteiger partial charge in [0.25, 0.3) is 0 Å². The number of rotatable bonds is 8. The molecule has 0 saturated heterocycles. The molecular weight excluding hydrogens is 274 g/mol. The lowest BCUT2D eigenvalue weighted by Gasteiger charge is -2.23. The summed E-state index contributed by atoms with van der Waals surface area (Å²) in [6.45, 7) is 4.78. The first-order valence-electron chi connectivity index (χ1n) is 6.61. The third-order valence-corrected chi connectivity index (χ3v) is 3.99. The summed E-state index contributed by atoms with van der Waals surface area (Å²) in [6.07, 6.45) is 0.679. The average molecular weight is 297 g/mol. The Balaban J connectivity index is 2.32. The lowest BCUT2D eigenvalue weighted by Crippen LogP contribution is -2.35. The number of hydrogen-bond acceptors (Lipinski definition) is 4. The monoisotopic (exact) mass is 297 g/mol. The molecule has 1 rings (SSSR count). The molecule has 5 heteroatoms. The Morgan fingerprint density at radius 2 is 2.00 bits per heavy atom. The van der Waals surface area contributed by atoms with Crippen LogP contribution in [0.4, 0.5) is 0 Å². The second-order valence-electron chi connectivity index (χ2n) is 5.38. The number of carbonyl (C=O) groups excluding carboxylic acids is 1. The Kier molecular flexibility index (Phi) is 6.88. The number of nitrogens with one attached hydrogen (secondary N) is 1. The summed E-state index contributed by atoms with van der Waals surface area (Å²) in [7, 11) is 1.63. The van der Waals surface area contributed by atoms with E-state index in [1.807, 2.05) is 38.1 Å². The van der Waals surface area contributed by atoms with E-state index >= 15 is 0 Å². The number of thioether (sulfide) groups is 1. The molecule has 0 aliphatic rings. The van der Waals surface area contributed by atoms with Gasteiger partial charge in [0, 0.05) is 18.0 Å². The number of aliphatic hydroxyl groups is 1. The molecule has 0 spiro atoms. The number of benzene rings is 1. The van der Waals surface area contributed by atoms with E-state index in [4.69, 9.17) is 9.84 Å². The van der Waals surface area contributed by atoms with Crippen molar-refractivity contribution in [3.8, 4) is 5.75 Å². The average Bonchev–Trinajstić information content (AvgIpc) is 2.43. The maximum Gasteiger partial charge on any atom is 0.230 e. The Morgan fingerprint density at radius 3 is 2.55 bits per heavy atom. The number of ether oxygens (including phenoxy) is 1. The maximum atomic E-state index is 11.8. The van der Waals surface area contributed by atoms with Gasteiger partial charge < -0.3 is 15.2 Å². The largest absolute Gasteiger partial charge is 0.497 e. The SMILES string of the molecule is COc1ccc(SCC(=O)NCC(C)(C)CCO)cc1. The van der Waals surface area contributed by atoms with Crippen molar-refractivity contribution in [2.75, 3.05) is 26.0 Å². The van der Waals surface area contributed by atoms with Crippen molar-refractivity contribution < 1.29 is 14.6 Å². The third kappa shape index (κ3) is 6.30. The maximum absolute atomic E-state index is 11.8. The summed E-state index contributed by atoms with van der Waals surface area (Å²) in [5.41, 5.74) is -0.0742. The third-order valence-electron chi connectivity index (χ3n) is 2.98. The van der Waals surface area contributed by atoms with Crippen LogP contribution in [0.3, 0.4) is 0 Å². The molecule has 4 nitrogen and oxygen atoms in total. The van der Waals surface area contributed by atoms with Crippen molar-refractivity contribution in [3.63, 3.8) is 0 Å². The predicted molar refractivity (Wildman–Crippen MR) is 82.2 cm³/mol. The molecule has 112 valence electrons. The summed E-state index contributed by atoms with van der Waals surface area (Å²) in [4.78, 5) is 12.8. The van der Waals surface area contributed by atoms with E-state index in [1.165, 1.54) is 11.8 Å². The van der Waals surface area contributed by atoms with Crippen LogP contribution in [0.25, 0.3) is 0 Å². The highest BCUT2D eigenvalue weighted by molar-refractivity contribution is 8.00. The summed E-state index contributed by atoms with van der Waals surface area (Å²) in [5.74, 6) is 1.21. The zero-order valence-corrected chi connectivity index (χ0v) is 13.1. The highest BCUT2D eigenvalue weighted by Crippen LogP contribution is 2.21. The van der Waals surface area contributed by atoms with E-state index < -0.39 is 0 Å². The van der Waals surface area contributed by atoms with Gasteiger partial charge in [0.05, 0.1) is 12.9 Å². The molecule has 0 radical (unpaired) electrons. The molecule has 0 bridgehead atoms. The molecule has 0 aromatic heterocycles. The topological polar surface area (TPSA) is 58.6 Å². The van der Waals surface area contributed by atoms with Gasteiger partial charge in [-0.1, -0.05) is 13.8 Å². The van der Waals surface area contributed by atoms with Crippen LogP contribution in [0.1, 0.15) is 20.3 Å². The molecule has 20 heavy (non-hydrogen) atoms. The molecule has 1 aromatic carbocycles. The van der Waals surface area contributed by atoms with Crippen LogP contribution in [0, 0.1) is 5.41 Å². The first-order valence-corrected chi connectivity index (χ1v) is 7.60. The van der Waals surface area contributed by atoms with Crippen LogP contribution >= 0.6 is 11.8 Å². The van der Waals surface area contributed by atoms with Crippen molar-refractivity contribution in [1.82, 2.24) is 5.32 Å². The zero-order valence-electron chi connectivity index (χ0n) is 12.3. The van der Waals surface area contributed by atoms with Crippen LogP contribution in [0.5, 0.6) is 5.75 Å². The molecule has 0 saturated carbocycles. The first kappa shape index (κ1) is 16.9.